The lowest BCUT2D eigenvalue weighted by Crippen LogP contribution is -2.57. The molecule has 2 atom stereocenters. The SMILES string of the molecule is Cc1noc(COCC(=O)N2C[C@@H](N)CC[C@H]2C(F)(F)F)n1. The van der Waals surface area contributed by atoms with Gasteiger partial charge in [0, 0.05) is 12.6 Å². The Kier molecular flexibility index (Phi) is 5.01. The normalized spacial score (nSPS) is 22.9. The molecule has 2 heterocycles. The van der Waals surface area contributed by atoms with Crippen LogP contribution < -0.4 is 5.73 Å². The summed E-state index contributed by atoms with van der Waals surface area (Å²) in [5.41, 5.74) is 5.66. The molecule has 1 aromatic heterocycles. The molecule has 0 spiro atoms. The van der Waals surface area contributed by atoms with E-state index >= 15 is 0 Å². The van der Waals surface area contributed by atoms with Crippen molar-refractivity contribution in [2.45, 2.75) is 44.6 Å². The second kappa shape index (κ2) is 6.61. The van der Waals surface area contributed by atoms with E-state index in [2.05, 4.69) is 10.1 Å². The highest BCUT2D eigenvalue weighted by Crippen LogP contribution is 2.31. The number of likely N-dealkylation sites (tertiary alicyclic amines) is 1. The monoisotopic (exact) mass is 322 g/mol. The molecule has 7 nitrogen and oxygen atoms in total. The number of alkyl halides is 3. The minimum Gasteiger partial charge on any atom is -0.362 e. The van der Waals surface area contributed by atoms with Crippen molar-refractivity contribution in [3.05, 3.63) is 11.7 Å². The average Bonchev–Trinajstić information content (AvgIpc) is 2.83. The Balaban J connectivity index is 1.90. The van der Waals surface area contributed by atoms with Crippen LogP contribution in [-0.2, 0) is 16.1 Å². The molecule has 1 saturated heterocycles. The van der Waals surface area contributed by atoms with Gasteiger partial charge in [0.05, 0.1) is 0 Å². The standard InChI is InChI=1S/C12H17F3N4O3/c1-7-17-10(22-18-7)5-21-6-11(20)19-4-8(16)2-3-9(19)12(13,14)15/h8-9H,2-6,16H2,1H3/t8-,9-/m0/s1. The number of aromatic nitrogens is 2. The van der Waals surface area contributed by atoms with Gasteiger partial charge in [0.1, 0.15) is 19.3 Å². The Hall–Kier alpha value is -1.68. The van der Waals surface area contributed by atoms with Crippen molar-refractivity contribution >= 4 is 5.91 Å². The maximum absolute atomic E-state index is 13.0. The summed E-state index contributed by atoms with van der Waals surface area (Å²) in [5.74, 6) is -0.189. The Morgan fingerprint density at radius 3 is 2.82 bits per heavy atom. The van der Waals surface area contributed by atoms with E-state index in [-0.39, 0.29) is 31.9 Å². The third-order valence-electron chi connectivity index (χ3n) is 3.34. The minimum atomic E-state index is -4.47. The van der Waals surface area contributed by atoms with Gasteiger partial charge in [-0.05, 0) is 19.8 Å². The number of hydrogen-bond donors (Lipinski definition) is 1. The summed E-state index contributed by atoms with van der Waals surface area (Å²) in [6.45, 7) is 0.844. The minimum absolute atomic E-state index is 0.133. The predicted octanol–water partition coefficient (Wildman–Crippen LogP) is 0.775. The zero-order chi connectivity index (χ0) is 16.3. The van der Waals surface area contributed by atoms with E-state index in [9.17, 15) is 18.0 Å². The first-order valence-electron chi connectivity index (χ1n) is 6.76. The quantitative estimate of drug-likeness (QED) is 0.880. The third-order valence-corrected chi connectivity index (χ3v) is 3.34. The van der Waals surface area contributed by atoms with E-state index in [1.54, 1.807) is 6.92 Å². The van der Waals surface area contributed by atoms with E-state index < -0.39 is 30.8 Å². The summed E-state index contributed by atoms with van der Waals surface area (Å²) in [4.78, 5) is 16.6. The lowest BCUT2D eigenvalue weighted by molar-refractivity contribution is -0.198. The van der Waals surface area contributed by atoms with Gasteiger partial charge in [-0.15, -0.1) is 0 Å². The van der Waals surface area contributed by atoms with E-state index in [1.807, 2.05) is 0 Å². The van der Waals surface area contributed by atoms with Crippen molar-refractivity contribution < 1.29 is 27.2 Å². The molecule has 1 aromatic rings. The number of nitrogens with zero attached hydrogens (tertiary/aromatic N) is 3. The zero-order valence-electron chi connectivity index (χ0n) is 12.0. The summed E-state index contributed by atoms with van der Waals surface area (Å²) >= 11 is 0. The van der Waals surface area contributed by atoms with Crippen LogP contribution in [0.4, 0.5) is 13.2 Å². The number of carbonyl (C=O) groups is 1. The molecule has 0 aromatic carbocycles. The highest BCUT2D eigenvalue weighted by atomic mass is 19.4. The summed E-state index contributed by atoms with van der Waals surface area (Å²) in [6, 6.07) is -2.27. The smallest absolute Gasteiger partial charge is 0.362 e. The molecule has 1 aliphatic rings. The molecule has 2 rings (SSSR count). The molecule has 124 valence electrons. The topological polar surface area (TPSA) is 94.5 Å². The Labute approximate surface area is 124 Å². The van der Waals surface area contributed by atoms with Crippen LogP contribution in [0.15, 0.2) is 4.52 Å². The molecule has 10 heteroatoms. The van der Waals surface area contributed by atoms with Gasteiger partial charge in [-0.25, -0.2) is 0 Å². The molecule has 2 N–H and O–H groups in total. The van der Waals surface area contributed by atoms with Crippen molar-refractivity contribution in [3.63, 3.8) is 0 Å². The highest BCUT2D eigenvalue weighted by Gasteiger charge is 2.47. The second-order valence-corrected chi connectivity index (χ2v) is 5.17. The van der Waals surface area contributed by atoms with Crippen LogP contribution >= 0.6 is 0 Å². The number of rotatable bonds is 4. The lowest BCUT2D eigenvalue weighted by atomic mass is 9.98. The molecule has 0 bridgehead atoms. The molecule has 1 aliphatic heterocycles. The van der Waals surface area contributed by atoms with Crippen LogP contribution in [0.3, 0.4) is 0 Å². The lowest BCUT2D eigenvalue weighted by Gasteiger charge is -2.39. The van der Waals surface area contributed by atoms with Gasteiger partial charge >= 0.3 is 6.18 Å². The molecule has 22 heavy (non-hydrogen) atoms. The van der Waals surface area contributed by atoms with E-state index in [0.717, 1.165) is 4.90 Å². The van der Waals surface area contributed by atoms with Crippen molar-refractivity contribution in [3.8, 4) is 0 Å². The number of aryl methyl sites for hydroxylation is 1. The van der Waals surface area contributed by atoms with Crippen LogP contribution in [0.1, 0.15) is 24.6 Å². The first-order valence-corrected chi connectivity index (χ1v) is 6.76. The Morgan fingerprint density at radius 1 is 1.50 bits per heavy atom. The number of hydrogen-bond acceptors (Lipinski definition) is 6. The fourth-order valence-electron chi connectivity index (χ4n) is 2.32. The highest BCUT2D eigenvalue weighted by molar-refractivity contribution is 5.78. The number of ether oxygens (including phenoxy) is 1. The van der Waals surface area contributed by atoms with Gasteiger partial charge in [0.25, 0.3) is 5.89 Å². The second-order valence-electron chi connectivity index (χ2n) is 5.17. The van der Waals surface area contributed by atoms with Gasteiger partial charge in [0.2, 0.25) is 5.91 Å². The maximum Gasteiger partial charge on any atom is 0.408 e. The third kappa shape index (κ3) is 4.17. The summed E-state index contributed by atoms with van der Waals surface area (Å²) in [5, 5.41) is 3.53. The van der Waals surface area contributed by atoms with Crippen LogP contribution in [0.5, 0.6) is 0 Å². The van der Waals surface area contributed by atoms with Crippen LogP contribution in [0, 0.1) is 6.92 Å². The summed E-state index contributed by atoms with van der Waals surface area (Å²) in [7, 11) is 0. The molecule has 1 fully saturated rings. The van der Waals surface area contributed by atoms with Gasteiger partial charge < -0.3 is 19.9 Å². The van der Waals surface area contributed by atoms with Crippen molar-refractivity contribution in [1.82, 2.24) is 15.0 Å². The van der Waals surface area contributed by atoms with Crippen LogP contribution in [0.2, 0.25) is 0 Å². The van der Waals surface area contributed by atoms with Gasteiger partial charge in [-0.2, -0.15) is 18.2 Å². The van der Waals surface area contributed by atoms with E-state index in [1.165, 1.54) is 0 Å². The molecule has 0 unspecified atom stereocenters. The molecule has 0 radical (unpaired) electrons. The van der Waals surface area contributed by atoms with Gasteiger partial charge in [0.15, 0.2) is 5.82 Å². The molecule has 0 aliphatic carbocycles. The maximum atomic E-state index is 13.0. The molecular weight excluding hydrogens is 305 g/mol. The van der Waals surface area contributed by atoms with Gasteiger partial charge in [-0.1, -0.05) is 5.16 Å². The largest absolute Gasteiger partial charge is 0.408 e. The first kappa shape index (κ1) is 16.7. The molecule has 0 saturated carbocycles. The van der Waals surface area contributed by atoms with Gasteiger partial charge in [-0.3, -0.25) is 4.79 Å². The van der Waals surface area contributed by atoms with Crippen molar-refractivity contribution in [2.75, 3.05) is 13.2 Å². The van der Waals surface area contributed by atoms with Crippen molar-refractivity contribution in [2.24, 2.45) is 5.73 Å². The number of piperidine rings is 1. The fourth-order valence-corrected chi connectivity index (χ4v) is 2.32. The van der Waals surface area contributed by atoms with Crippen LogP contribution in [-0.4, -0.2) is 52.4 Å². The Bertz CT molecular complexity index is 520. The van der Waals surface area contributed by atoms with Crippen molar-refractivity contribution in [1.29, 1.82) is 0 Å². The Morgan fingerprint density at radius 2 is 2.23 bits per heavy atom. The fraction of sp³-hybridized carbons (Fsp3) is 0.750. The first-order chi connectivity index (χ1) is 10.3. The average molecular weight is 322 g/mol. The number of amides is 1. The summed E-state index contributed by atoms with van der Waals surface area (Å²) < 4.78 is 48.7. The van der Waals surface area contributed by atoms with E-state index in [0.29, 0.717) is 5.82 Å². The number of carbonyl (C=O) groups excluding carboxylic acids is 1. The van der Waals surface area contributed by atoms with Crippen LogP contribution in [0.25, 0.3) is 0 Å². The van der Waals surface area contributed by atoms with E-state index in [4.69, 9.17) is 15.0 Å². The predicted molar refractivity (Wildman–Crippen MR) is 67.5 cm³/mol. The molecular formula is C12H17F3N4O3. The number of halogens is 3. The molecule has 1 amide bonds. The zero-order valence-corrected chi connectivity index (χ0v) is 12.0. The number of nitrogens with two attached hydrogens (primary N) is 1. The summed E-state index contributed by atoms with van der Waals surface area (Å²) in [6.07, 6.45) is -4.44.